The van der Waals surface area contributed by atoms with Gasteiger partial charge in [-0.05, 0) is 19.3 Å². The molecule has 1 fully saturated rings. The highest BCUT2D eigenvalue weighted by Gasteiger charge is 2.22. The lowest BCUT2D eigenvalue weighted by molar-refractivity contribution is -0.176. The van der Waals surface area contributed by atoms with Crippen LogP contribution >= 0.6 is 0 Å². The molecule has 0 aliphatic carbocycles. The third kappa shape index (κ3) is 5.53. The van der Waals surface area contributed by atoms with Crippen LogP contribution < -0.4 is 5.32 Å². The number of nitrogens with one attached hydrogen (secondary N) is 1. The van der Waals surface area contributed by atoms with Gasteiger partial charge in [-0.2, -0.15) is 0 Å². The van der Waals surface area contributed by atoms with Crippen LogP contribution in [0.4, 0.5) is 5.82 Å². The maximum atomic E-state index is 11.9. The van der Waals surface area contributed by atoms with E-state index in [4.69, 9.17) is 9.47 Å². The first kappa shape index (κ1) is 17.8. The van der Waals surface area contributed by atoms with E-state index in [1.807, 2.05) is 20.8 Å². The summed E-state index contributed by atoms with van der Waals surface area (Å²) in [6.07, 6.45) is 4.71. The summed E-state index contributed by atoms with van der Waals surface area (Å²) in [5, 5.41) is 12.8. The first-order valence-electron chi connectivity index (χ1n) is 7.91. The fraction of sp³-hybridized carbons (Fsp3) is 0.688. The van der Waals surface area contributed by atoms with Gasteiger partial charge in [-0.15, -0.1) is 0 Å². The molecule has 0 saturated carbocycles. The third-order valence-electron chi connectivity index (χ3n) is 3.51. The molecule has 1 amide bonds. The Morgan fingerprint density at radius 1 is 1.43 bits per heavy atom. The number of anilines is 1. The Bertz CT molecular complexity index is 507. The average Bonchev–Trinajstić information content (AvgIpc) is 2.53. The summed E-state index contributed by atoms with van der Waals surface area (Å²) >= 11 is 0. The van der Waals surface area contributed by atoms with E-state index in [1.54, 1.807) is 0 Å². The molecule has 0 bridgehead atoms. The SMILES string of the molecule is CC(C)(C)C(=O)Nc1cnc([C@H](O)CO[C@H]2CCCCO2)cn1. The van der Waals surface area contributed by atoms with Crippen LogP contribution in [0.15, 0.2) is 12.4 Å². The fourth-order valence-electron chi connectivity index (χ4n) is 2.00. The van der Waals surface area contributed by atoms with Crippen molar-refractivity contribution in [2.24, 2.45) is 5.41 Å². The van der Waals surface area contributed by atoms with Crippen molar-refractivity contribution in [2.75, 3.05) is 18.5 Å². The Balaban J connectivity index is 1.84. The maximum Gasteiger partial charge on any atom is 0.230 e. The number of rotatable bonds is 5. The second kappa shape index (κ2) is 7.81. The summed E-state index contributed by atoms with van der Waals surface area (Å²) < 4.78 is 11.0. The maximum absolute atomic E-state index is 11.9. The van der Waals surface area contributed by atoms with Crippen molar-refractivity contribution in [1.82, 2.24) is 9.97 Å². The van der Waals surface area contributed by atoms with Gasteiger partial charge in [0.05, 0.1) is 24.7 Å². The summed E-state index contributed by atoms with van der Waals surface area (Å²) in [5.41, 5.74) is -0.109. The zero-order valence-electron chi connectivity index (χ0n) is 13.9. The highest BCUT2D eigenvalue weighted by Crippen LogP contribution is 2.18. The minimum absolute atomic E-state index is 0.104. The normalized spacial score (nSPS) is 20.1. The van der Waals surface area contributed by atoms with Crippen LogP contribution in [0.1, 0.15) is 51.8 Å². The standard InChI is InChI=1S/C16H25N3O4/c1-16(2,3)15(21)19-13-9-17-11(8-18-13)12(20)10-23-14-6-4-5-7-22-14/h8-9,12,14,20H,4-7,10H2,1-3H3,(H,18,19,21)/t12-,14+/m1/s1. The van der Waals surface area contributed by atoms with Gasteiger partial charge in [-0.3, -0.25) is 9.78 Å². The van der Waals surface area contributed by atoms with Gasteiger partial charge < -0.3 is 19.9 Å². The largest absolute Gasteiger partial charge is 0.384 e. The first-order valence-corrected chi connectivity index (χ1v) is 7.91. The van der Waals surface area contributed by atoms with Gasteiger partial charge in [0.15, 0.2) is 12.1 Å². The minimum atomic E-state index is -0.875. The molecule has 1 aromatic heterocycles. The number of ether oxygens (including phenoxy) is 2. The van der Waals surface area contributed by atoms with Gasteiger partial charge in [-0.25, -0.2) is 4.98 Å². The smallest absolute Gasteiger partial charge is 0.230 e. The van der Waals surface area contributed by atoms with Gasteiger partial charge in [0.2, 0.25) is 5.91 Å². The highest BCUT2D eigenvalue weighted by atomic mass is 16.7. The number of amides is 1. The van der Waals surface area contributed by atoms with Gasteiger partial charge in [0.1, 0.15) is 6.10 Å². The molecule has 2 rings (SSSR count). The summed E-state index contributed by atoms with van der Waals surface area (Å²) in [7, 11) is 0. The van der Waals surface area contributed by atoms with Crippen LogP contribution in [0, 0.1) is 5.41 Å². The molecule has 0 aromatic carbocycles. The Labute approximate surface area is 136 Å². The van der Waals surface area contributed by atoms with E-state index in [2.05, 4.69) is 15.3 Å². The van der Waals surface area contributed by atoms with Crippen molar-refractivity contribution >= 4 is 11.7 Å². The van der Waals surface area contributed by atoms with Crippen LogP contribution in [-0.2, 0) is 14.3 Å². The van der Waals surface area contributed by atoms with Gasteiger partial charge in [0, 0.05) is 12.0 Å². The van der Waals surface area contributed by atoms with E-state index < -0.39 is 11.5 Å². The Hall–Kier alpha value is -1.57. The number of aliphatic hydroxyl groups excluding tert-OH is 1. The lowest BCUT2D eigenvalue weighted by Crippen LogP contribution is -2.28. The topological polar surface area (TPSA) is 93.6 Å². The highest BCUT2D eigenvalue weighted by molar-refractivity contribution is 5.93. The van der Waals surface area contributed by atoms with E-state index in [1.165, 1.54) is 12.4 Å². The molecular weight excluding hydrogens is 298 g/mol. The van der Waals surface area contributed by atoms with Crippen molar-refractivity contribution in [3.8, 4) is 0 Å². The zero-order valence-corrected chi connectivity index (χ0v) is 13.9. The molecule has 7 heteroatoms. The molecule has 0 unspecified atom stereocenters. The predicted octanol–water partition coefficient (Wildman–Crippen LogP) is 2.04. The van der Waals surface area contributed by atoms with E-state index >= 15 is 0 Å². The quantitative estimate of drug-likeness (QED) is 0.861. The van der Waals surface area contributed by atoms with Crippen LogP contribution in [-0.4, -0.2) is 40.5 Å². The zero-order chi connectivity index (χ0) is 16.9. The van der Waals surface area contributed by atoms with E-state index in [0.717, 1.165) is 19.3 Å². The van der Waals surface area contributed by atoms with Gasteiger partial charge in [0.25, 0.3) is 0 Å². The van der Waals surface area contributed by atoms with Crippen molar-refractivity contribution < 1.29 is 19.4 Å². The lowest BCUT2D eigenvalue weighted by atomic mass is 9.96. The summed E-state index contributed by atoms with van der Waals surface area (Å²) in [6, 6.07) is 0. The molecule has 1 aliphatic rings. The van der Waals surface area contributed by atoms with Crippen molar-refractivity contribution in [2.45, 2.75) is 52.4 Å². The summed E-state index contributed by atoms with van der Waals surface area (Å²) in [5.74, 6) is 0.218. The summed E-state index contributed by atoms with van der Waals surface area (Å²) in [4.78, 5) is 20.1. The second-order valence-electron chi connectivity index (χ2n) is 6.68. The Morgan fingerprint density at radius 2 is 2.22 bits per heavy atom. The molecule has 1 aromatic rings. The predicted molar refractivity (Wildman–Crippen MR) is 84.6 cm³/mol. The molecule has 128 valence electrons. The fourth-order valence-corrected chi connectivity index (χ4v) is 2.00. The number of aromatic nitrogens is 2. The number of carbonyl (C=O) groups excluding carboxylic acids is 1. The molecule has 2 atom stereocenters. The third-order valence-corrected chi connectivity index (χ3v) is 3.51. The number of aliphatic hydroxyl groups is 1. The van der Waals surface area contributed by atoms with Gasteiger partial charge >= 0.3 is 0 Å². The molecule has 23 heavy (non-hydrogen) atoms. The molecule has 0 radical (unpaired) electrons. The van der Waals surface area contributed by atoms with E-state index in [0.29, 0.717) is 18.1 Å². The Kier molecular flexibility index (Phi) is 6.04. The molecule has 7 nitrogen and oxygen atoms in total. The van der Waals surface area contributed by atoms with Crippen LogP contribution in [0.3, 0.4) is 0 Å². The van der Waals surface area contributed by atoms with Crippen molar-refractivity contribution in [1.29, 1.82) is 0 Å². The second-order valence-corrected chi connectivity index (χ2v) is 6.68. The number of hydrogen-bond donors (Lipinski definition) is 2. The Morgan fingerprint density at radius 3 is 2.78 bits per heavy atom. The van der Waals surface area contributed by atoms with Crippen molar-refractivity contribution in [3.05, 3.63) is 18.1 Å². The molecule has 1 aliphatic heterocycles. The molecule has 0 spiro atoms. The minimum Gasteiger partial charge on any atom is -0.384 e. The molecule has 1 saturated heterocycles. The lowest BCUT2D eigenvalue weighted by Gasteiger charge is -2.23. The molecule has 2 N–H and O–H groups in total. The van der Waals surface area contributed by atoms with Crippen LogP contribution in [0.25, 0.3) is 0 Å². The summed E-state index contributed by atoms with van der Waals surface area (Å²) in [6.45, 7) is 6.26. The first-order chi connectivity index (χ1) is 10.9. The van der Waals surface area contributed by atoms with Gasteiger partial charge in [-0.1, -0.05) is 20.8 Å². The average molecular weight is 323 g/mol. The van der Waals surface area contributed by atoms with E-state index in [9.17, 15) is 9.90 Å². The monoisotopic (exact) mass is 323 g/mol. The number of carbonyl (C=O) groups is 1. The van der Waals surface area contributed by atoms with E-state index in [-0.39, 0.29) is 18.8 Å². The number of nitrogens with zero attached hydrogens (tertiary/aromatic N) is 2. The van der Waals surface area contributed by atoms with Crippen LogP contribution in [0.5, 0.6) is 0 Å². The molecular formula is C16H25N3O4. The van der Waals surface area contributed by atoms with Crippen LogP contribution in [0.2, 0.25) is 0 Å². The van der Waals surface area contributed by atoms with Crippen molar-refractivity contribution in [3.63, 3.8) is 0 Å². The number of hydrogen-bond acceptors (Lipinski definition) is 6. The molecule has 2 heterocycles.